The third-order valence-corrected chi connectivity index (χ3v) is 5.69. The van der Waals surface area contributed by atoms with Crippen molar-refractivity contribution in [2.75, 3.05) is 13.6 Å². The van der Waals surface area contributed by atoms with Crippen LogP contribution in [0.5, 0.6) is 0 Å². The van der Waals surface area contributed by atoms with Gasteiger partial charge in [0.05, 0.1) is 22.8 Å². The summed E-state index contributed by atoms with van der Waals surface area (Å²) in [6, 6.07) is 16.8. The Morgan fingerprint density at radius 2 is 1.71 bits per heavy atom. The first kappa shape index (κ1) is 20.3. The molecular formula is C23H21N3O5. The largest absolute Gasteiger partial charge is 0.480 e. The molecule has 1 aliphatic heterocycles. The maximum Gasteiger partial charge on any atom is 0.408 e. The van der Waals surface area contributed by atoms with E-state index in [9.17, 15) is 24.6 Å². The van der Waals surface area contributed by atoms with Gasteiger partial charge in [0.1, 0.15) is 6.04 Å². The van der Waals surface area contributed by atoms with E-state index >= 15 is 0 Å². The topological polar surface area (TPSA) is 111 Å². The van der Waals surface area contributed by atoms with Crippen molar-refractivity contribution in [1.29, 1.82) is 0 Å². The average molecular weight is 419 g/mol. The number of carboxylic acid groups (broad SMARTS) is 2. The normalized spacial score (nSPS) is 18.2. The first-order chi connectivity index (χ1) is 14.9. The van der Waals surface area contributed by atoms with Crippen molar-refractivity contribution < 1.29 is 24.6 Å². The number of aromatic nitrogens is 1. The number of hydrogen-bond donors (Lipinski definition) is 2. The summed E-state index contributed by atoms with van der Waals surface area (Å²) >= 11 is 0. The van der Waals surface area contributed by atoms with Crippen molar-refractivity contribution in [1.82, 2.24) is 14.8 Å². The molecule has 3 aromatic rings. The SMILES string of the molecule is CN(C(=O)c1cc(-c2ccccc2)nc2ccccc12)C1CC(C(=O)O)N(C(=O)O)C1. The number of nitrogens with zero attached hydrogens (tertiary/aromatic N) is 3. The second-order valence-corrected chi connectivity index (χ2v) is 7.53. The van der Waals surface area contributed by atoms with Gasteiger partial charge in [-0.05, 0) is 12.1 Å². The molecule has 0 spiro atoms. The highest BCUT2D eigenvalue weighted by atomic mass is 16.4. The monoisotopic (exact) mass is 419 g/mol. The summed E-state index contributed by atoms with van der Waals surface area (Å²) in [5, 5.41) is 19.4. The molecule has 8 heteroatoms. The van der Waals surface area contributed by atoms with E-state index in [1.807, 2.05) is 54.6 Å². The molecule has 0 radical (unpaired) electrons. The summed E-state index contributed by atoms with van der Waals surface area (Å²) in [6.45, 7) is -0.0525. The fraction of sp³-hybridized carbons (Fsp3) is 0.217. The molecule has 0 saturated carbocycles. The van der Waals surface area contributed by atoms with Gasteiger partial charge in [-0.2, -0.15) is 0 Å². The third kappa shape index (κ3) is 3.79. The van der Waals surface area contributed by atoms with Crippen LogP contribution in [0.25, 0.3) is 22.2 Å². The molecule has 2 N–H and O–H groups in total. The van der Waals surface area contributed by atoms with Crippen molar-refractivity contribution in [2.45, 2.75) is 18.5 Å². The van der Waals surface area contributed by atoms with Crippen LogP contribution in [-0.4, -0.2) is 68.6 Å². The Hall–Kier alpha value is -3.94. The van der Waals surface area contributed by atoms with Crippen molar-refractivity contribution in [3.63, 3.8) is 0 Å². The van der Waals surface area contributed by atoms with Crippen LogP contribution < -0.4 is 0 Å². The molecule has 4 rings (SSSR count). The van der Waals surface area contributed by atoms with Gasteiger partial charge in [-0.15, -0.1) is 0 Å². The number of carbonyl (C=O) groups excluding carboxylic acids is 1. The first-order valence-electron chi connectivity index (χ1n) is 9.81. The summed E-state index contributed by atoms with van der Waals surface area (Å²) < 4.78 is 0. The second-order valence-electron chi connectivity index (χ2n) is 7.53. The Balaban J connectivity index is 1.72. The molecule has 1 fully saturated rings. The number of carbonyl (C=O) groups is 3. The van der Waals surface area contributed by atoms with Crippen LogP contribution in [0.2, 0.25) is 0 Å². The molecule has 8 nitrogen and oxygen atoms in total. The van der Waals surface area contributed by atoms with Gasteiger partial charge < -0.3 is 15.1 Å². The number of pyridine rings is 1. The number of rotatable bonds is 4. The molecular weight excluding hydrogens is 398 g/mol. The zero-order chi connectivity index (χ0) is 22.1. The predicted molar refractivity (Wildman–Crippen MR) is 114 cm³/mol. The van der Waals surface area contributed by atoms with Gasteiger partial charge in [0.25, 0.3) is 5.91 Å². The van der Waals surface area contributed by atoms with Crippen LogP contribution in [0.1, 0.15) is 16.8 Å². The molecule has 31 heavy (non-hydrogen) atoms. The van der Waals surface area contributed by atoms with Gasteiger partial charge in [0, 0.05) is 31.0 Å². The number of benzene rings is 2. The fourth-order valence-corrected chi connectivity index (χ4v) is 4.00. The summed E-state index contributed by atoms with van der Waals surface area (Å²) in [5.74, 6) is -1.52. The van der Waals surface area contributed by atoms with Crippen molar-refractivity contribution in [3.05, 3.63) is 66.2 Å². The van der Waals surface area contributed by atoms with E-state index in [0.29, 0.717) is 22.2 Å². The van der Waals surface area contributed by atoms with E-state index in [0.717, 1.165) is 10.5 Å². The maximum absolute atomic E-state index is 13.5. The lowest BCUT2D eigenvalue weighted by molar-refractivity contribution is -0.141. The molecule has 2 amide bonds. The van der Waals surface area contributed by atoms with Crippen LogP contribution >= 0.6 is 0 Å². The minimum absolute atomic E-state index is 0.0401. The lowest BCUT2D eigenvalue weighted by Gasteiger charge is -2.25. The Kier molecular flexibility index (Phi) is 5.29. The van der Waals surface area contributed by atoms with E-state index in [4.69, 9.17) is 0 Å². The molecule has 2 atom stereocenters. The minimum Gasteiger partial charge on any atom is -0.480 e. The summed E-state index contributed by atoms with van der Waals surface area (Å²) in [5.41, 5.74) is 2.63. The third-order valence-electron chi connectivity index (χ3n) is 5.69. The number of amides is 2. The van der Waals surface area contributed by atoms with E-state index in [-0.39, 0.29) is 18.9 Å². The highest BCUT2D eigenvalue weighted by Crippen LogP contribution is 2.28. The van der Waals surface area contributed by atoms with Crippen LogP contribution in [0.15, 0.2) is 60.7 Å². The molecule has 2 unspecified atom stereocenters. The first-order valence-corrected chi connectivity index (χ1v) is 9.81. The summed E-state index contributed by atoms with van der Waals surface area (Å²) in [7, 11) is 1.58. The minimum atomic E-state index is -1.31. The summed E-state index contributed by atoms with van der Waals surface area (Å²) in [6.07, 6.45) is -1.27. The molecule has 1 aliphatic rings. The number of likely N-dealkylation sites (N-methyl/N-ethyl adjacent to an activating group) is 1. The quantitative estimate of drug-likeness (QED) is 0.672. The molecule has 2 aromatic carbocycles. The lowest BCUT2D eigenvalue weighted by atomic mass is 10.0. The highest BCUT2D eigenvalue weighted by molar-refractivity contribution is 6.07. The van der Waals surface area contributed by atoms with Gasteiger partial charge in [0.2, 0.25) is 0 Å². The average Bonchev–Trinajstić information content (AvgIpc) is 3.24. The molecule has 2 heterocycles. The van der Waals surface area contributed by atoms with E-state index in [1.54, 1.807) is 13.1 Å². The zero-order valence-electron chi connectivity index (χ0n) is 16.8. The predicted octanol–water partition coefficient (Wildman–Crippen LogP) is 3.18. The number of hydrogen-bond acceptors (Lipinski definition) is 4. The number of carboxylic acids is 1. The highest BCUT2D eigenvalue weighted by Gasteiger charge is 2.42. The van der Waals surface area contributed by atoms with Crippen LogP contribution in [0.3, 0.4) is 0 Å². The second kappa shape index (κ2) is 8.06. The van der Waals surface area contributed by atoms with Crippen LogP contribution in [0.4, 0.5) is 4.79 Å². The van der Waals surface area contributed by atoms with Crippen molar-refractivity contribution in [3.8, 4) is 11.3 Å². The number of fused-ring (bicyclic) bond motifs is 1. The molecule has 1 aromatic heterocycles. The maximum atomic E-state index is 13.5. The van der Waals surface area contributed by atoms with E-state index in [2.05, 4.69) is 4.98 Å². The van der Waals surface area contributed by atoms with E-state index in [1.165, 1.54) is 4.90 Å². The van der Waals surface area contributed by atoms with E-state index < -0.39 is 24.1 Å². The smallest absolute Gasteiger partial charge is 0.408 e. The Morgan fingerprint density at radius 3 is 2.35 bits per heavy atom. The molecule has 0 aliphatic carbocycles. The van der Waals surface area contributed by atoms with Crippen LogP contribution in [0, 0.1) is 0 Å². The number of para-hydroxylation sites is 1. The van der Waals surface area contributed by atoms with Crippen molar-refractivity contribution >= 4 is 28.9 Å². The standard InChI is InChI=1S/C23H21N3O5/c1-25(15-11-20(22(28)29)26(13-15)23(30)31)21(27)17-12-19(14-7-3-2-4-8-14)24-18-10-6-5-9-16(17)18/h2-10,12,15,20H,11,13H2,1H3,(H,28,29)(H,30,31). The van der Waals surface area contributed by atoms with Gasteiger partial charge in [0.15, 0.2) is 0 Å². The van der Waals surface area contributed by atoms with Gasteiger partial charge in [-0.25, -0.2) is 14.6 Å². The van der Waals surface area contributed by atoms with Gasteiger partial charge >= 0.3 is 12.1 Å². The van der Waals surface area contributed by atoms with Gasteiger partial charge in [-0.3, -0.25) is 9.69 Å². The number of likely N-dealkylation sites (tertiary alicyclic amines) is 1. The number of aliphatic carboxylic acids is 1. The molecule has 1 saturated heterocycles. The van der Waals surface area contributed by atoms with Gasteiger partial charge in [-0.1, -0.05) is 48.5 Å². The Labute approximate surface area is 178 Å². The fourth-order valence-electron chi connectivity index (χ4n) is 4.00. The Morgan fingerprint density at radius 1 is 1.03 bits per heavy atom. The molecule has 0 bridgehead atoms. The summed E-state index contributed by atoms with van der Waals surface area (Å²) in [4.78, 5) is 43.4. The lowest BCUT2D eigenvalue weighted by Crippen LogP contribution is -2.41. The molecule has 158 valence electrons. The van der Waals surface area contributed by atoms with Crippen LogP contribution in [-0.2, 0) is 4.79 Å². The Bertz CT molecular complexity index is 1140. The van der Waals surface area contributed by atoms with Crippen molar-refractivity contribution in [2.24, 2.45) is 0 Å². The zero-order valence-corrected chi connectivity index (χ0v) is 16.8.